The first-order valence-corrected chi connectivity index (χ1v) is 7.69. The van der Waals surface area contributed by atoms with E-state index in [2.05, 4.69) is 15.3 Å². The molecule has 0 spiro atoms. The third-order valence-corrected chi connectivity index (χ3v) is 3.40. The maximum Gasteiger partial charge on any atom is 0.326 e. The number of aromatic nitrogens is 2. The standard InChI is InChI=1S/C12H16ClN3O4S/c1-20-5-3-4-8(11(18)19)15-10(17)9-7(13)6-14-12(16-9)21-2/h6,8H,3-5H2,1-2H3,(H,15,17)(H,18,19). The number of methoxy groups -OCH3 is 1. The van der Waals surface area contributed by atoms with E-state index >= 15 is 0 Å². The van der Waals surface area contributed by atoms with Gasteiger partial charge in [0.15, 0.2) is 10.9 Å². The van der Waals surface area contributed by atoms with Crippen molar-refractivity contribution in [3.63, 3.8) is 0 Å². The van der Waals surface area contributed by atoms with Crippen LogP contribution in [0.2, 0.25) is 5.02 Å². The molecule has 0 radical (unpaired) electrons. The number of hydrogen-bond acceptors (Lipinski definition) is 6. The molecule has 1 heterocycles. The smallest absolute Gasteiger partial charge is 0.326 e. The van der Waals surface area contributed by atoms with E-state index in [1.54, 1.807) is 6.26 Å². The summed E-state index contributed by atoms with van der Waals surface area (Å²) in [5, 5.41) is 12.0. The number of carbonyl (C=O) groups excluding carboxylic acids is 1. The molecule has 116 valence electrons. The van der Waals surface area contributed by atoms with Gasteiger partial charge in [-0.25, -0.2) is 14.8 Å². The van der Waals surface area contributed by atoms with E-state index in [0.29, 0.717) is 18.2 Å². The topological polar surface area (TPSA) is 101 Å². The van der Waals surface area contributed by atoms with Gasteiger partial charge in [-0.3, -0.25) is 4.79 Å². The van der Waals surface area contributed by atoms with Crippen LogP contribution in [0.3, 0.4) is 0 Å². The summed E-state index contributed by atoms with van der Waals surface area (Å²) in [4.78, 5) is 31.1. The Kier molecular flexibility index (Phi) is 7.41. The summed E-state index contributed by atoms with van der Waals surface area (Å²) in [6.07, 6.45) is 3.85. The quantitative estimate of drug-likeness (QED) is 0.422. The summed E-state index contributed by atoms with van der Waals surface area (Å²) in [6.45, 7) is 0.421. The van der Waals surface area contributed by atoms with Crippen LogP contribution in [0.5, 0.6) is 0 Å². The fourth-order valence-corrected chi connectivity index (χ4v) is 2.04. The molecule has 7 nitrogen and oxygen atoms in total. The Morgan fingerprint density at radius 3 is 2.86 bits per heavy atom. The van der Waals surface area contributed by atoms with E-state index in [1.165, 1.54) is 25.1 Å². The van der Waals surface area contributed by atoms with Crippen LogP contribution < -0.4 is 5.32 Å². The monoisotopic (exact) mass is 333 g/mol. The molecule has 0 bridgehead atoms. The summed E-state index contributed by atoms with van der Waals surface area (Å²) in [5.74, 6) is -1.75. The zero-order valence-electron chi connectivity index (χ0n) is 11.6. The van der Waals surface area contributed by atoms with Gasteiger partial charge in [0.2, 0.25) is 0 Å². The fraction of sp³-hybridized carbons (Fsp3) is 0.500. The number of carboxylic acid groups (broad SMARTS) is 1. The predicted molar refractivity (Wildman–Crippen MR) is 78.8 cm³/mol. The van der Waals surface area contributed by atoms with Gasteiger partial charge in [-0.2, -0.15) is 0 Å². The Labute approximate surface area is 131 Å². The third kappa shape index (κ3) is 5.49. The van der Waals surface area contributed by atoms with Crippen LogP contribution in [0, 0.1) is 0 Å². The van der Waals surface area contributed by atoms with Crippen molar-refractivity contribution in [1.29, 1.82) is 0 Å². The lowest BCUT2D eigenvalue weighted by Gasteiger charge is -2.14. The molecule has 1 unspecified atom stereocenters. The molecule has 1 atom stereocenters. The molecule has 0 fully saturated rings. The molecule has 1 aromatic heterocycles. The van der Waals surface area contributed by atoms with Gasteiger partial charge in [0.1, 0.15) is 6.04 Å². The molecule has 0 aliphatic rings. The average molecular weight is 334 g/mol. The third-order valence-electron chi connectivity index (χ3n) is 2.56. The minimum absolute atomic E-state index is 0.0333. The van der Waals surface area contributed by atoms with Gasteiger partial charge in [0, 0.05) is 13.7 Å². The minimum Gasteiger partial charge on any atom is -0.480 e. The maximum absolute atomic E-state index is 12.1. The van der Waals surface area contributed by atoms with Gasteiger partial charge >= 0.3 is 5.97 Å². The SMILES string of the molecule is COCCCC(NC(=O)c1nc(SC)ncc1Cl)C(=O)O. The van der Waals surface area contributed by atoms with Gasteiger partial charge in [0.05, 0.1) is 11.2 Å². The number of ether oxygens (including phenoxy) is 1. The summed E-state index contributed by atoms with van der Waals surface area (Å²) in [6, 6.07) is -1.02. The minimum atomic E-state index is -1.12. The Bertz CT molecular complexity index is 515. The summed E-state index contributed by atoms with van der Waals surface area (Å²) in [5.41, 5.74) is -0.0333. The van der Waals surface area contributed by atoms with Crippen molar-refractivity contribution in [3.05, 3.63) is 16.9 Å². The lowest BCUT2D eigenvalue weighted by Crippen LogP contribution is -2.41. The number of hydrogen-bond donors (Lipinski definition) is 2. The first kappa shape index (κ1) is 17.7. The second-order valence-corrected chi connectivity index (χ2v) is 5.23. The van der Waals surface area contributed by atoms with Crippen molar-refractivity contribution in [3.8, 4) is 0 Å². The Balaban J connectivity index is 2.79. The largest absolute Gasteiger partial charge is 0.480 e. The molecule has 21 heavy (non-hydrogen) atoms. The fourth-order valence-electron chi connectivity index (χ4n) is 1.52. The summed E-state index contributed by atoms with van der Waals surface area (Å²) >= 11 is 7.13. The van der Waals surface area contributed by atoms with Gasteiger partial charge < -0.3 is 15.2 Å². The highest BCUT2D eigenvalue weighted by Gasteiger charge is 2.22. The molecular weight excluding hydrogens is 318 g/mol. The zero-order chi connectivity index (χ0) is 15.8. The van der Waals surface area contributed by atoms with Crippen LogP contribution in [-0.2, 0) is 9.53 Å². The Hall–Kier alpha value is -1.38. The molecule has 0 aliphatic heterocycles. The molecular formula is C12H16ClN3O4S. The van der Waals surface area contributed by atoms with Crippen molar-refractivity contribution in [2.24, 2.45) is 0 Å². The van der Waals surface area contributed by atoms with Gasteiger partial charge in [-0.1, -0.05) is 23.4 Å². The lowest BCUT2D eigenvalue weighted by atomic mass is 10.1. The van der Waals surface area contributed by atoms with Crippen LogP contribution >= 0.6 is 23.4 Å². The highest BCUT2D eigenvalue weighted by Crippen LogP contribution is 2.16. The molecule has 2 N–H and O–H groups in total. The Morgan fingerprint density at radius 1 is 1.57 bits per heavy atom. The van der Waals surface area contributed by atoms with E-state index in [1.807, 2.05) is 0 Å². The molecule has 1 aromatic rings. The molecule has 0 aromatic carbocycles. The van der Waals surface area contributed by atoms with Gasteiger partial charge in [0.25, 0.3) is 5.91 Å². The van der Waals surface area contributed by atoms with E-state index < -0.39 is 17.9 Å². The molecule has 0 saturated heterocycles. The molecule has 0 aliphatic carbocycles. The molecule has 1 amide bonds. The number of halogens is 1. The lowest BCUT2D eigenvalue weighted by molar-refractivity contribution is -0.139. The van der Waals surface area contributed by atoms with Gasteiger partial charge in [-0.15, -0.1) is 0 Å². The Morgan fingerprint density at radius 2 is 2.29 bits per heavy atom. The highest BCUT2D eigenvalue weighted by atomic mass is 35.5. The van der Waals surface area contributed by atoms with Crippen molar-refractivity contribution in [2.45, 2.75) is 24.0 Å². The normalized spacial score (nSPS) is 12.0. The number of aliphatic carboxylic acids is 1. The number of nitrogens with zero attached hydrogens (tertiary/aromatic N) is 2. The van der Waals surface area contributed by atoms with Crippen LogP contribution in [0.4, 0.5) is 0 Å². The number of rotatable bonds is 8. The number of carboxylic acids is 1. The number of nitrogens with one attached hydrogen (secondary N) is 1. The van der Waals surface area contributed by atoms with Crippen molar-refractivity contribution >= 4 is 35.2 Å². The second kappa shape index (κ2) is 8.81. The van der Waals surface area contributed by atoms with Gasteiger partial charge in [-0.05, 0) is 19.1 Å². The van der Waals surface area contributed by atoms with Crippen LogP contribution in [0.1, 0.15) is 23.3 Å². The molecule has 0 saturated carbocycles. The van der Waals surface area contributed by atoms with Crippen LogP contribution in [0.15, 0.2) is 11.4 Å². The van der Waals surface area contributed by atoms with E-state index in [-0.39, 0.29) is 17.1 Å². The first-order valence-electron chi connectivity index (χ1n) is 6.08. The maximum atomic E-state index is 12.1. The van der Waals surface area contributed by atoms with Crippen molar-refractivity contribution < 1.29 is 19.4 Å². The van der Waals surface area contributed by atoms with Crippen molar-refractivity contribution in [2.75, 3.05) is 20.0 Å². The summed E-state index contributed by atoms with van der Waals surface area (Å²) < 4.78 is 4.86. The number of thioether (sulfide) groups is 1. The second-order valence-electron chi connectivity index (χ2n) is 4.05. The van der Waals surface area contributed by atoms with Crippen LogP contribution in [0.25, 0.3) is 0 Å². The van der Waals surface area contributed by atoms with E-state index in [0.717, 1.165) is 0 Å². The average Bonchev–Trinajstić information content (AvgIpc) is 2.46. The van der Waals surface area contributed by atoms with E-state index in [4.69, 9.17) is 21.4 Å². The first-order chi connectivity index (χ1) is 9.99. The number of amides is 1. The predicted octanol–water partition coefficient (Wildman–Crippen LogP) is 1.46. The summed E-state index contributed by atoms with van der Waals surface area (Å²) in [7, 11) is 1.53. The zero-order valence-corrected chi connectivity index (χ0v) is 13.2. The van der Waals surface area contributed by atoms with E-state index in [9.17, 15) is 9.59 Å². The van der Waals surface area contributed by atoms with Crippen LogP contribution in [-0.4, -0.2) is 53.0 Å². The number of carbonyl (C=O) groups is 2. The molecule has 1 rings (SSSR count). The molecule has 9 heteroatoms. The highest BCUT2D eigenvalue weighted by molar-refractivity contribution is 7.98. The van der Waals surface area contributed by atoms with Crippen molar-refractivity contribution in [1.82, 2.24) is 15.3 Å².